The molecule has 0 aliphatic carbocycles. The molecular weight excluding hydrogens is 132 g/mol. The van der Waals surface area contributed by atoms with Gasteiger partial charge in [-0.1, -0.05) is 0 Å². The monoisotopic (exact) mass is 146 g/mol. The third kappa shape index (κ3) is 2.33. The second-order valence-corrected chi connectivity index (χ2v) is 2.26. The van der Waals surface area contributed by atoms with Gasteiger partial charge in [-0.3, -0.25) is 4.79 Å². The van der Waals surface area contributed by atoms with Gasteiger partial charge in [-0.15, -0.1) is 0 Å². The third-order valence-corrected chi connectivity index (χ3v) is 1.50. The maximum Gasteiger partial charge on any atom is 0.246 e. The molecule has 1 aliphatic rings. The van der Waals surface area contributed by atoms with Crippen molar-refractivity contribution in [2.45, 2.75) is 25.4 Å². The molecule has 1 unspecified atom stereocenters. The molecule has 0 aromatic rings. The number of hydrogen-bond donors (Lipinski definition) is 2. The van der Waals surface area contributed by atoms with Gasteiger partial charge < -0.3 is 16.6 Å². The third-order valence-electron chi connectivity index (χ3n) is 1.50. The Bertz CT molecular complexity index is 110. The van der Waals surface area contributed by atoms with E-state index in [1.165, 1.54) is 0 Å². The van der Waals surface area contributed by atoms with Crippen LogP contribution in [-0.4, -0.2) is 18.6 Å². The zero-order valence-electron chi connectivity index (χ0n) is 6.01. The van der Waals surface area contributed by atoms with E-state index >= 15 is 0 Å². The molecule has 4 nitrogen and oxygen atoms in total. The molecule has 0 bridgehead atoms. The fourth-order valence-corrected chi connectivity index (χ4v) is 0.965. The van der Waals surface area contributed by atoms with Crippen molar-refractivity contribution in [2.75, 3.05) is 6.61 Å². The summed E-state index contributed by atoms with van der Waals surface area (Å²) in [5.41, 5.74) is 5.00. The fraction of sp³-hybridized carbons (Fsp3) is 0.833. The van der Waals surface area contributed by atoms with Crippen LogP contribution in [0.3, 0.4) is 0 Å². The Labute approximate surface area is 60.3 Å². The van der Waals surface area contributed by atoms with E-state index in [4.69, 9.17) is 10.5 Å². The lowest BCUT2D eigenvalue weighted by Gasteiger charge is -2.18. The molecule has 1 heterocycles. The van der Waals surface area contributed by atoms with E-state index in [2.05, 4.69) is 0 Å². The molecule has 0 aromatic carbocycles. The lowest BCUT2D eigenvalue weighted by Crippen LogP contribution is -2.33. The van der Waals surface area contributed by atoms with E-state index in [0.29, 0.717) is 6.61 Å². The average molecular weight is 146 g/mol. The number of carbonyl (C=O) groups is 1. The molecule has 60 valence electrons. The maximum atomic E-state index is 10.5. The van der Waals surface area contributed by atoms with Gasteiger partial charge in [-0.25, -0.2) is 0 Å². The quantitative estimate of drug-likeness (QED) is 0.554. The van der Waals surface area contributed by atoms with Gasteiger partial charge in [0.05, 0.1) is 0 Å². The smallest absolute Gasteiger partial charge is 0.246 e. The lowest BCUT2D eigenvalue weighted by molar-refractivity contribution is -0.132. The molecule has 0 aromatic heterocycles. The van der Waals surface area contributed by atoms with Crippen molar-refractivity contribution in [2.24, 2.45) is 5.73 Å². The number of primary amides is 1. The first-order valence-corrected chi connectivity index (χ1v) is 3.21. The van der Waals surface area contributed by atoms with E-state index in [0.717, 1.165) is 19.3 Å². The molecule has 4 heteroatoms. The van der Waals surface area contributed by atoms with Gasteiger partial charge in [0.15, 0.2) is 0 Å². The highest BCUT2D eigenvalue weighted by molar-refractivity contribution is 5.78. The van der Waals surface area contributed by atoms with Gasteiger partial charge in [0, 0.05) is 6.61 Å². The predicted molar refractivity (Wildman–Crippen MR) is 37.8 cm³/mol. The minimum atomic E-state index is -0.324. The maximum absolute atomic E-state index is 10.5. The first kappa shape index (κ1) is 9.39. The van der Waals surface area contributed by atoms with E-state index < -0.39 is 0 Å². The molecule has 1 aliphatic heterocycles. The van der Waals surface area contributed by atoms with Gasteiger partial charge in [0.25, 0.3) is 0 Å². The SMILES string of the molecule is N.NC(=O)C1CCCCO1. The summed E-state index contributed by atoms with van der Waals surface area (Å²) in [7, 11) is 0. The minimum Gasteiger partial charge on any atom is -0.368 e. The van der Waals surface area contributed by atoms with Crippen molar-refractivity contribution < 1.29 is 9.53 Å². The van der Waals surface area contributed by atoms with Gasteiger partial charge >= 0.3 is 0 Å². The largest absolute Gasteiger partial charge is 0.368 e. The molecule has 1 rings (SSSR count). The van der Waals surface area contributed by atoms with Crippen molar-refractivity contribution in [3.05, 3.63) is 0 Å². The van der Waals surface area contributed by atoms with E-state index in [1.807, 2.05) is 0 Å². The van der Waals surface area contributed by atoms with Crippen LogP contribution in [0.4, 0.5) is 0 Å². The highest BCUT2D eigenvalue weighted by Crippen LogP contribution is 2.11. The summed E-state index contributed by atoms with van der Waals surface area (Å²) >= 11 is 0. The van der Waals surface area contributed by atoms with Crippen LogP contribution in [-0.2, 0) is 9.53 Å². The van der Waals surface area contributed by atoms with E-state index in [-0.39, 0.29) is 18.2 Å². The summed E-state index contributed by atoms with van der Waals surface area (Å²) in [6, 6.07) is 0. The summed E-state index contributed by atoms with van der Waals surface area (Å²) in [5.74, 6) is -0.324. The Kier molecular flexibility index (Phi) is 3.99. The van der Waals surface area contributed by atoms with Gasteiger partial charge in [-0.05, 0) is 19.3 Å². The zero-order chi connectivity index (χ0) is 6.69. The van der Waals surface area contributed by atoms with Crippen molar-refractivity contribution in [3.63, 3.8) is 0 Å². The summed E-state index contributed by atoms with van der Waals surface area (Å²) < 4.78 is 5.06. The Morgan fingerprint density at radius 1 is 1.50 bits per heavy atom. The predicted octanol–water partition coefficient (Wildman–Crippen LogP) is 0.203. The molecule has 10 heavy (non-hydrogen) atoms. The van der Waals surface area contributed by atoms with Crippen LogP contribution in [0.25, 0.3) is 0 Å². The Morgan fingerprint density at radius 3 is 2.50 bits per heavy atom. The second-order valence-electron chi connectivity index (χ2n) is 2.26. The number of nitrogens with two attached hydrogens (primary N) is 1. The first-order chi connectivity index (χ1) is 4.30. The second kappa shape index (κ2) is 4.24. The Morgan fingerprint density at radius 2 is 2.20 bits per heavy atom. The van der Waals surface area contributed by atoms with Crippen LogP contribution in [0.2, 0.25) is 0 Å². The van der Waals surface area contributed by atoms with Crippen LogP contribution in [0.15, 0.2) is 0 Å². The summed E-state index contributed by atoms with van der Waals surface area (Å²) in [5, 5.41) is 0. The Hall–Kier alpha value is -0.610. The van der Waals surface area contributed by atoms with Gasteiger partial charge in [0.1, 0.15) is 6.10 Å². The molecule has 0 radical (unpaired) electrons. The molecule has 1 fully saturated rings. The highest BCUT2D eigenvalue weighted by atomic mass is 16.5. The molecular formula is C6H14N2O2. The topological polar surface area (TPSA) is 87.3 Å². The molecule has 0 spiro atoms. The summed E-state index contributed by atoms with van der Waals surface area (Å²) in [6.45, 7) is 0.688. The Balaban J connectivity index is 0.000000810. The van der Waals surface area contributed by atoms with Gasteiger partial charge in [-0.2, -0.15) is 0 Å². The number of amides is 1. The van der Waals surface area contributed by atoms with Crippen molar-refractivity contribution in [3.8, 4) is 0 Å². The van der Waals surface area contributed by atoms with E-state index in [9.17, 15) is 4.79 Å². The minimum absolute atomic E-state index is 0. The fourth-order valence-electron chi connectivity index (χ4n) is 0.965. The van der Waals surface area contributed by atoms with Crippen molar-refractivity contribution >= 4 is 5.91 Å². The molecule has 1 saturated heterocycles. The molecule has 0 saturated carbocycles. The van der Waals surface area contributed by atoms with Crippen LogP contribution in [0, 0.1) is 0 Å². The number of rotatable bonds is 1. The van der Waals surface area contributed by atoms with Crippen LogP contribution in [0.1, 0.15) is 19.3 Å². The summed E-state index contributed by atoms with van der Waals surface area (Å²) in [4.78, 5) is 10.5. The molecule has 1 amide bonds. The molecule has 1 atom stereocenters. The standard InChI is InChI=1S/C6H11NO2.H3N/c7-6(8)5-3-1-2-4-9-5;/h5H,1-4H2,(H2,7,8);1H3. The highest BCUT2D eigenvalue weighted by Gasteiger charge is 2.18. The van der Waals surface area contributed by atoms with Crippen LogP contribution >= 0.6 is 0 Å². The first-order valence-electron chi connectivity index (χ1n) is 3.21. The normalized spacial score (nSPS) is 25.0. The van der Waals surface area contributed by atoms with Crippen LogP contribution in [0.5, 0.6) is 0 Å². The van der Waals surface area contributed by atoms with Gasteiger partial charge in [0.2, 0.25) is 5.91 Å². The van der Waals surface area contributed by atoms with Crippen LogP contribution < -0.4 is 11.9 Å². The summed E-state index contributed by atoms with van der Waals surface area (Å²) in [6.07, 6.45) is 2.62. The average Bonchev–Trinajstić information content (AvgIpc) is 1.90. The van der Waals surface area contributed by atoms with Crippen molar-refractivity contribution in [1.82, 2.24) is 6.15 Å². The number of ether oxygens (including phenoxy) is 1. The lowest BCUT2D eigenvalue weighted by atomic mass is 10.1. The number of carbonyl (C=O) groups excluding carboxylic acids is 1. The van der Waals surface area contributed by atoms with E-state index in [1.54, 1.807) is 0 Å². The molecule has 5 N–H and O–H groups in total. The number of hydrogen-bond acceptors (Lipinski definition) is 3. The zero-order valence-corrected chi connectivity index (χ0v) is 6.01. The van der Waals surface area contributed by atoms with Crippen molar-refractivity contribution in [1.29, 1.82) is 0 Å².